The SMILES string of the molecule is O=P.Oc1cc(O)ncn1. The van der Waals surface area contributed by atoms with E-state index in [0.29, 0.717) is 0 Å². The van der Waals surface area contributed by atoms with E-state index in [2.05, 4.69) is 9.97 Å². The van der Waals surface area contributed by atoms with E-state index >= 15 is 0 Å². The Balaban J connectivity index is 0.000000371. The van der Waals surface area contributed by atoms with Crippen molar-refractivity contribution < 1.29 is 14.8 Å². The Bertz CT molecular complexity index is 190. The Labute approximate surface area is 59.0 Å². The van der Waals surface area contributed by atoms with Gasteiger partial charge in [-0.15, -0.1) is 0 Å². The average molecular weight is 160 g/mol. The Kier molecular flexibility index (Phi) is 4.07. The molecule has 1 aromatic rings. The van der Waals surface area contributed by atoms with E-state index in [1.807, 2.05) is 0 Å². The molecule has 0 saturated heterocycles. The Hall–Kier alpha value is -1.22. The van der Waals surface area contributed by atoms with Gasteiger partial charge in [0.25, 0.3) is 0 Å². The minimum atomic E-state index is -0.225. The molecule has 1 heterocycles. The van der Waals surface area contributed by atoms with Gasteiger partial charge in [-0.25, -0.2) is 9.97 Å². The standard InChI is InChI=1S/C4H4N2O2.HOP/c7-3-1-4(8)6-2-5-3;1-2/h1-2H,(H2,5,6,7,8);2H. The molecule has 0 saturated carbocycles. The van der Waals surface area contributed by atoms with Gasteiger partial charge in [0.1, 0.15) is 15.4 Å². The highest BCUT2D eigenvalue weighted by molar-refractivity contribution is 7.00. The lowest BCUT2D eigenvalue weighted by Gasteiger charge is -1.87. The van der Waals surface area contributed by atoms with Crippen molar-refractivity contribution in [2.75, 3.05) is 0 Å². The van der Waals surface area contributed by atoms with E-state index in [1.54, 1.807) is 9.12 Å². The van der Waals surface area contributed by atoms with E-state index < -0.39 is 0 Å². The molecule has 0 spiro atoms. The van der Waals surface area contributed by atoms with Crippen LogP contribution < -0.4 is 0 Å². The van der Waals surface area contributed by atoms with Crippen molar-refractivity contribution in [1.82, 2.24) is 9.97 Å². The van der Waals surface area contributed by atoms with E-state index in [9.17, 15) is 0 Å². The third-order valence-electron chi connectivity index (χ3n) is 0.638. The highest BCUT2D eigenvalue weighted by Crippen LogP contribution is 2.07. The van der Waals surface area contributed by atoms with Crippen LogP contribution in [-0.4, -0.2) is 20.2 Å². The topological polar surface area (TPSA) is 83.3 Å². The predicted molar refractivity (Wildman–Crippen MR) is 34.4 cm³/mol. The lowest BCUT2D eigenvalue weighted by Crippen LogP contribution is -1.75. The molecular formula is C4H5N2O3P. The van der Waals surface area contributed by atoms with Gasteiger partial charge in [-0.3, -0.25) is 4.57 Å². The fraction of sp³-hybridized carbons (Fsp3) is 0. The zero-order valence-corrected chi connectivity index (χ0v) is 5.85. The first-order chi connectivity index (χ1) is 4.79. The molecule has 0 atom stereocenters. The molecule has 0 fully saturated rings. The van der Waals surface area contributed by atoms with Crippen LogP contribution in [0.1, 0.15) is 0 Å². The summed E-state index contributed by atoms with van der Waals surface area (Å²) in [6.45, 7) is 0. The molecule has 0 aliphatic heterocycles. The van der Waals surface area contributed by atoms with Gasteiger partial charge in [0.15, 0.2) is 0 Å². The monoisotopic (exact) mass is 160 g/mol. The molecule has 2 N–H and O–H groups in total. The fourth-order valence-electron chi connectivity index (χ4n) is 0.337. The first-order valence-corrected chi connectivity index (χ1v) is 2.60. The second-order valence-electron chi connectivity index (χ2n) is 1.23. The molecule has 0 bridgehead atoms. The molecule has 6 heteroatoms. The first kappa shape index (κ1) is 8.78. The van der Waals surface area contributed by atoms with Crippen molar-refractivity contribution in [2.24, 2.45) is 0 Å². The van der Waals surface area contributed by atoms with Crippen molar-refractivity contribution in [3.05, 3.63) is 12.4 Å². The third-order valence-corrected chi connectivity index (χ3v) is 0.638. The molecule has 10 heavy (non-hydrogen) atoms. The summed E-state index contributed by atoms with van der Waals surface area (Å²) in [6.07, 6.45) is 1.07. The molecule has 0 aromatic carbocycles. The minimum absolute atomic E-state index is 0.225. The maximum Gasteiger partial charge on any atom is 0.217 e. The summed E-state index contributed by atoms with van der Waals surface area (Å²) in [7, 11) is 1.72. The van der Waals surface area contributed by atoms with Gasteiger partial charge in [-0.05, 0) is 0 Å². The Morgan fingerprint density at radius 1 is 1.20 bits per heavy atom. The van der Waals surface area contributed by atoms with Crippen LogP contribution in [0.25, 0.3) is 0 Å². The van der Waals surface area contributed by atoms with Crippen molar-refractivity contribution in [3.8, 4) is 11.8 Å². The van der Waals surface area contributed by atoms with Crippen molar-refractivity contribution in [1.29, 1.82) is 0 Å². The zero-order valence-electron chi connectivity index (χ0n) is 4.85. The van der Waals surface area contributed by atoms with Gasteiger partial charge in [0.05, 0.1) is 6.07 Å². The van der Waals surface area contributed by atoms with Crippen LogP contribution in [0.5, 0.6) is 11.8 Å². The number of rotatable bonds is 0. The molecule has 5 nitrogen and oxygen atoms in total. The molecule has 0 aliphatic rings. The van der Waals surface area contributed by atoms with Crippen LogP contribution in [0.15, 0.2) is 12.4 Å². The Morgan fingerprint density at radius 3 is 1.80 bits per heavy atom. The van der Waals surface area contributed by atoms with E-state index in [0.717, 1.165) is 12.4 Å². The summed E-state index contributed by atoms with van der Waals surface area (Å²) < 4.78 is 8.06. The maximum atomic E-state index is 8.50. The largest absolute Gasteiger partial charge is 0.493 e. The zero-order chi connectivity index (χ0) is 7.98. The molecule has 0 unspecified atom stereocenters. The van der Waals surface area contributed by atoms with Crippen LogP contribution in [0, 0.1) is 0 Å². The van der Waals surface area contributed by atoms with Gasteiger partial charge in [0.2, 0.25) is 11.8 Å². The summed E-state index contributed by atoms with van der Waals surface area (Å²) in [4.78, 5) is 6.65. The van der Waals surface area contributed by atoms with Gasteiger partial charge in [-0.2, -0.15) is 0 Å². The second kappa shape index (κ2) is 4.64. The van der Waals surface area contributed by atoms with Gasteiger partial charge < -0.3 is 10.2 Å². The molecule has 1 aromatic heterocycles. The minimum Gasteiger partial charge on any atom is -0.493 e. The average Bonchev–Trinajstić information content (AvgIpc) is 1.91. The number of aromatic hydroxyl groups is 2. The molecule has 0 radical (unpaired) electrons. The third kappa shape index (κ3) is 2.94. The smallest absolute Gasteiger partial charge is 0.217 e. The van der Waals surface area contributed by atoms with Gasteiger partial charge >= 0.3 is 0 Å². The molecular weight excluding hydrogens is 155 g/mol. The van der Waals surface area contributed by atoms with Crippen LogP contribution in [0.3, 0.4) is 0 Å². The van der Waals surface area contributed by atoms with E-state index in [4.69, 9.17) is 14.8 Å². The number of aromatic nitrogens is 2. The number of hydrogen-bond donors (Lipinski definition) is 2. The molecule has 54 valence electrons. The van der Waals surface area contributed by atoms with Crippen LogP contribution >= 0.6 is 9.12 Å². The predicted octanol–water partition coefficient (Wildman–Crippen LogP) is 0.362. The second-order valence-corrected chi connectivity index (χ2v) is 1.23. The molecule has 1 rings (SSSR count). The van der Waals surface area contributed by atoms with Crippen molar-refractivity contribution in [2.45, 2.75) is 0 Å². The van der Waals surface area contributed by atoms with Crippen LogP contribution in [-0.2, 0) is 4.57 Å². The van der Waals surface area contributed by atoms with Crippen molar-refractivity contribution >= 4 is 9.12 Å². The summed E-state index contributed by atoms with van der Waals surface area (Å²) in [5.74, 6) is -0.449. The fourth-order valence-corrected chi connectivity index (χ4v) is 0.337. The van der Waals surface area contributed by atoms with E-state index in [-0.39, 0.29) is 11.8 Å². The maximum absolute atomic E-state index is 8.50. The highest BCUT2D eigenvalue weighted by Gasteiger charge is 1.88. The van der Waals surface area contributed by atoms with Gasteiger partial charge in [0, 0.05) is 0 Å². The van der Waals surface area contributed by atoms with E-state index in [1.165, 1.54) is 0 Å². The van der Waals surface area contributed by atoms with Crippen LogP contribution in [0.2, 0.25) is 0 Å². The normalized spacial score (nSPS) is 7.60. The van der Waals surface area contributed by atoms with Gasteiger partial charge in [-0.1, -0.05) is 0 Å². The summed E-state index contributed by atoms with van der Waals surface area (Å²) in [6, 6.07) is 1.06. The number of nitrogens with zero attached hydrogens (tertiary/aromatic N) is 2. The molecule has 0 aliphatic carbocycles. The summed E-state index contributed by atoms with van der Waals surface area (Å²) >= 11 is 0. The summed E-state index contributed by atoms with van der Waals surface area (Å²) in [5, 5.41) is 17.0. The lowest BCUT2D eigenvalue weighted by atomic mass is 10.6. The lowest BCUT2D eigenvalue weighted by molar-refractivity contribution is 0.421. The first-order valence-electron chi connectivity index (χ1n) is 2.19. The number of hydrogen-bond acceptors (Lipinski definition) is 5. The molecule has 0 amide bonds. The quantitative estimate of drug-likeness (QED) is 0.535. The summed E-state index contributed by atoms with van der Waals surface area (Å²) in [5.41, 5.74) is 0. The van der Waals surface area contributed by atoms with Crippen molar-refractivity contribution in [3.63, 3.8) is 0 Å². The Morgan fingerprint density at radius 2 is 1.60 bits per heavy atom. The highest BCUT2D eigenvalue weighted by atomic mass is 31.0. The van der Waals surface area contributed by atoms with Crippen LogP contribution in [0.4, 0.5) is 0 Å².